The standard InChI is InChI=1S/C22H18F3N5O3/c1-32-18-6-15(7-19(33-2)20(18)21(31)28-10-22(23,24)25)30-12-29-16-5-13(3-4-17(16)30)14-8-26-11-27-9-14/h3-9,11-12H,10H2,1-2H3,(H,28,31). The number of imidazole rings is 1. The number of nitrogens with zero attached hydrogens (tertiary/aromatic N) is 4. The van der Waals surface area contributed by atoms with Crippen LogP contribution >= 0.6 is 0 Å². The van der Waals surface area contributed by atoms with Crippen LogP contribution in [0.2, 0.25) is 0 Å². The summed E-state index contributed by atoms with van der Waals surface area (Å²) < 4.78 is 50.0. The van der Waals surface area contributed by atoms with Crippen molar-refractivity contribution in [3.8, 4) is 28.3 Å². The van der Waals surface area contributed by atoms with E-state index in [4.69, 9.17) is 9.47 Å². The molecule has 170 valence electrons. The fraction of sp³-hybridized carbons (Fsp3) is 0.182. The van der Waals surface area contributed by atoms with Gasteiger partial charge in [0.25, 0.3) is 5.91 Å². The molecule has 0 fully saturated rings. The first kappa shape index (κ1) is 22.1. The lowest BCUT2D eigenvalue weighted by molar-refractivity contribution is -0.123. The summed E-state index contributed by atoms with van der Waals surface area (Å²) in [7, 11) is 2.64. The van der Waals surface area contributed by atoms with Gasteiger partial charge < -0.3 is 14.8 Å². The van der Waals surface area contributed by atoms with E-state index in [2.05, 4.69) is 15.0 Å². The largest absolute Gasteiger partial charge is 0.496 e. The molecule has 8 nitrogen and oxygen atoms in total. The molecular formula is C22H18F3N5O3. The molecule has 0 aliphatic heterocycles. The van der Waals surface area contributed by atoms with Crippen molar-refractivity contribution in [1.29, 1.82) is 0 Å². The van der Waals surface area contributed by atoms with Crippen molar-refractivity contribution in [2.45, 2.75) is 6.18 Å². The molecule has 0 unspecified atom stereocenters. The summed E-state index contributed by atoms with van der Waals surface area (Å²) in [6.45, 7) is -1.47. The third-order valence-electron chi connectivity index (χ3n) is 4.89. The highest BCUT2D eigenvalue weighted by Gasteiger charge is 2.30. The predicted molar refractivity (Wildman–Crippen MR) is 114 cm³/mol. The summed E-state index contributed by atoms with van der Waals surface area (Å²) in [6.07, 6.45) is 1.89. The molecule has 0 bridgehead atoms. The first-order chi connectivity index (χ1) is 15.8. The Hall–Kier alpha value is -4.15. The maximum atomic E-state index is 12.5. The van der Waals surface area contributed by atoms with E-state index < -0.39 is 18.6 Å². The Morgan fingerprint density at radius 2 is 1.70 bits per heavy atom. The van der Waals surface area contributed by atoms with Crippen LogP contribution in [0.25, 0.3) is 27.8 Å². The summed E-state index contributed by atoms with van der Waals surface area (Å²) in [5, 5.41) is 1.84. The number of benzene rings is 2. The minimum atomic E-state index is -4.55. The number of amides is 1. The number of halogens is 3. The second kappa shape index (κ2) is 8.77. The van der Waals surface area contributed by atoms with E-state index in [-0.39, 0.29) is 17.1 Å². The van der Waals surface area contributed by atoms with Crippen LogP contribution in [0.5, 0.6) is 11.5 Å². The third kappa shape index (κ3) is 4.56. The quantitative estimate of drug-likeness (QED) is 0.474. The van der Waals surface area contributed by atoms with Gasteiger partial charge in [-0.05, 0) is 17.7 Å². The van der Waals surface area contributed by atoms with Crippen LogP contribution in [0.1, 0.15) is 10.4 Å². The Morgan fingerprint density at radius 3 is 2.30 bits per heavy atom. The number of aromatic nitrogens is 4. The summed E-state index contributed by atoms with van der Waals surface area (Å²) in [4.78, 5) is 24.9. The van der Waals surface area contributed by atoms with Crippen LogP contribution in [0, 0.1) is 0 Å². The second-order valence-corrected chi connectivity index (χ2v) is 6.97. The second-order valence-electron chi connectivity index (χ2n) is 6.97. The van der Waals surface area contributed by atoms with E-state index in [1.165, 1.54) is 32.7 Å². The van der Waals surface area contributed by atoms with Gasteiger partial charge in [-0.3, -0.25) is 9.36 Å². The lowest BCUT2D eigenvalue weighted by atomic mass is 10.1. The average molecular weight is 457 g/mol. The van der Waals surface area contributed by atoms with Gasteiger partial charge in [-0.1, -0.05) is 6.07 Å². The molecule has 0 atom stereocenters. The number of alkyl halides is 3. The first-order valence-electron chi connectivity index (χ1n) is 9.64. The van der Waals surface area contributed by atoms with Gasteiger partial charge in [0.05, 0.1) is 30.9 Å². The van der Waals surface area contributed by atoms with Crippen molar-refractivity contribution < 1.29 is 27.4 Å². The van der Waals surface area contributed by atoms with Crippen LogP contribution in [0.15, 0.2) is 55.4 Å². The number of ether oxygens (including phenoxy) is 2. The summed E-state index contributed by atoms with van der Waals surface area (Å²) in [5.41, 5.74) is 3.60. The van der Waals surface area contributed by atoms with Crippen molar-refractivity contribution in [1.82, 2.24) is 24.8 Å². The van der Waals surface area contributed by atoms with Crippen molar-refractivity contribution in [2.75, 3.05) is 20.8 Å². The number of fused-ring (bicyclic) bond motifs is 1. The van der Waals surface area contributed by atoms with Crippen LogP contribution in [-0.4, -0.2) is 52.4 Å². The minimum Gasteiger partial charge on any atom is -0.496 e. The maximum Gasteiger partial charge on any atom is 0.405 e. The van der Waals surface area contributed by atoms with Crippen LogP contribution in [0.4, 0.5) is 13.2 Å². The van der Waals surface area contributed by atoms with Crippen molar-refractivity contribution >= 4 is 16.9 Å². The molecule has 2 aromatic carbocycles. The fourth-order valence-electron chi connectivity index (χ4n) is 3.38. The highest BCUT2D eigenvalue weighted by atomic mass is 19.4. The monoisotopic (exact) mass is 457 g/mol. The van der Waals surface area contributed by atoms with Gasteiger partial charge in [0.15, 0.2) is 0 Å². The molecule has 11 heteroatoms. The van der Waals surface area contributed by atoms with E-state index in [1.54, 1.807) is 23.3 Å². The number of carbonyl (C=O) groups excluding carboxylic acids is 1. The van der Waals surface area contributed by atoms with Crippen molar-refractivity contribution in [3.05, 3.63) is 60.9 Å². The van der Waals surface area contributed by atoms with Gasteiger partial charge in [0.1, 0.15) is 36.3 Å². The summed E-state index contributed by atoms with van der Waals surface area (Å²) in [5.74, 6) is -0.842. The molecule has 0 aliphatic carbocycles. The number of rotatable bonds is 6. The number of hydrogen-bond acceptors (Lipinski definition) is 6. The smallest absolute Gasteiger partial charge is 0.405 e. The van der Waals surface area contributed by atoms with Crippen LogP contribution in [-0.2, 0) is 0 Å². The van der Waals surface area contributed by atoms with Crippen LogP contribution < -0.4 is 14.8 Å². The lowest BCUT2D eigenvalue weighted by Gasteiger charge is -2.16. The molecule has 2 aromatic heterocycles. The Labute approximate surface area is 186 Å². The van der Waals surface area contributed by atoms with Crippen molar-refractivity contribution in [2.24, 2.45) is 0 Å². The number of nitrogens with one attached hydrogen (secondary N) is 1. The molecule has 1 amide bonds. The molecule has 1 N–H and O–H groups in total. The number of carbonyl (C=O) groups is 1. The zero-order valence-corrected chi connectivity index (χ0v) is 17.6. The predicted octanol–water partition coefficient (Wildman–Crippen LogP) is 3.79. The highest BCUT2D eigenvalue weighted by molar-refractivity contribution is 6.00. The number of hydrogen-bond donors (Lipinski definition) is 1. The van der Waals surface area contributed by atoms with E-state index in [0.717, 1.165) is 16.6 Å². The third-order valence-corrected chi connectivity index (χ3v) is 4.89. The fourth-order valence-corrected chi connectivity index (χ4v) is 3.38. The molecular weight excluding hydrogens is 439 g/mol. The van der Waals surface area contributed by atoms with E-state index in [9.17, 15) is 18.0 Å². The van der Waals surface area contributed by atoms with Gasteiger partial charge in [-0.25, -0.2) is 15.0 Å². The van der Waals surface area contributed by atoms with Gasteiger partial charge in [-0.15, -0.1) is 0 Å². The minimum absolute atomic E-state index is 0.0592. The average Bonchev–Trinajstić information content (AvgIpc) is 3.25. The van der Waals surface area contributed by atoms with Gasteiger partial charge in [0.2, 0.25) is 0 Å². The summed E-state index contributed by atoms with van der Waals surface area (Å²) >= 11 is 0. The van der Waals surface area contributed by atoms with E-state index in [0.29, 0.717) is 11.2 Å². The van der Waals surface area contributed by atoms with E-state index >= 15 is 0 Å². The lowest BCUT2D eigenvalue weighted by Crippen LogP contribution is -2.34. The van der Waals surface area contributed by atoms with Gasteiger partial charge >= 0.3 is 6.18 Å². The topological polar surface area (TPSA) is 91.2 Å². The van der Waals surface area contributed by atoms with E-state index in [1.807, 2.05) is 23.5 Å². The molecule has 4 rings (SSSR count). The first-order valence-corrected chi connectivity index (χ1v) is 9.64. The molecule has 33 heavy (non-hydrogen) atoms. The van der Waals surface area contributed by atoms with Crippen molar-refractivity contribution in [3.63, 3.8) is 0 Å². The van der Waals surface area contributed by atoms with Gasteiger partial charge in [0, 0.05) is 30.1 Å². The Morgan fingerprint density at radius 1 is 1.03 bits per heavy atom. The molecule has 0 aliphatic rings. The molecule has 0 saturated heterocycles. The molecule has 2 heterocycles. The Kier molecular flexibility index (Phi) is 5.86. The SMILES string of the molecule is COc1cc(-n2cnc3cc(-c4cncnc4)ccc32)cc(OC)c1C(=O)NCC(F)(F)F. The Bertz CT molecular complexity index is 1280. The zero-order valence-electron chi connectivity index (χ0n) is 17.6. The molecule has 4 aromatic rings. The van der Waals surface area contributed by atoms with Crippen LogP contribution in [0.3, 0.4) is 0 Å². The normalized spacial score (nSPS) is 11.4. The number of methoxy groups -OCH3 is 2. The Balaban J connectivity index is 1.74. The molecule has 0 radical (unpaired) electrons. The zero-order chi connectivity index (χ0) is 23.6. The highest BCUT2D eigenvalue weighted by Crippen LogP contribution is 2.34. The summed E-state index contributed by atoms with van der Waals surface area (Å²) in [6, 6.07) is 8.72. The molecule has 0 spiro atoms. The molecule has 0 saturated carbocycles. The maximum absolute atomic E-state index is 12.5. The van der Waals surface area contributed by atoms with Gasteiger partial charge in [-0.2, -0.15) is 13.2 Å².